The predicted molar refractivity (Wildman–Crippen MR) is 71.6 cm³/mol. The molecule has 4 rings (SSSR count). The first kappa shape index (κ1) is 12.8. The molecule has 0 N–H and O–H groups in total. The molecule has 1 saturated carbocycles. The summed E-state index contributed by atoms with van der Waals surface area (Å²) in [5.41, 5.74) is 0. The van der Waals surface area contributed by atoms with Crippen molar-refractivity contribution in [1.29, 1.82) is 0 Å². The first-order valence-electron chi connectivity index (χ1n) is 6.74. The molecule has 110 valence electrons. The molecule has 1 aliphatic carbocycles. The summed E-state index contributed by atoms with van der Waals surface area (Å²) in [6.07, 6.45) is 4.76. The largest absolute Gasteiger partial charge is 0.338 e. The van der Waals surface area contributed by atoms with Crippen molar-refractivity contribution in [2.24, 2.45) is 0 Å². The highest BCUT2D eigenvalue weighted by Gasteiger charge is 2.46. The molecule has 0 spiro atoms. The predicted octanol–water partition coefficient (Wildman–Crippen LogP) is 0.418. The monoisotopic (exact) mass is 307 g/mol. The van der Waals surface area contributed by atoms with Crippen LogP contribution in [-0.4, -0.2) is 51.2 Å². The van der Waals surface area contributed by atoms with Crippen LogP contribution < -0.4 is 0 Å². The van der Waals surface area contributed by atoms with Gasteiger partial charge in [-0.25, -0.2) is 18.4 Å². The van der Waals surface area contributed by atoms with Crippen molar-refractivity contribution in [2.75, 3.05) is 13.1 Å². The summed E-state index contributed by atoms with van der Waals surface area (Å²) in [5, 5.41) is 3.67. The van der Waals surface area contributed by atoms with E-state index in [-0.39, 0.29) is 11.2 Å². The van der Waals surface area contributed by atoms with E-state index in [1.54, 1.807) is 18.5 Å². The van der Waals surface area contributed by atoms with Gasteiger partial charge in [-0.3, -0.25) is 0 Å². The van der Waals surface area contributed by atoms with Gasteiger partial charge in [-0.1, -0.05) is 5.16 Å². The number of sulfonamides is 1. The summed E-state index contributed by atoms with van der Waals surface area (Å²) < 4.78 is 30.7. The average molecular weight is 307 g/mol. The van der Waals surface area contributed by atoms with E-state index in [1.807, 2.05) is 0 Å². The van der Waals surface area contributed by atoms with Gasteiger partial charge in [-0.05, 0) is 18.9 Å². The van der Waals surface area contributed by atoms with Crippen LogP contribution in [0.4, 0.5) is 0 Å². The fourth-order valence-corrected chi connectivity index (χ4v) is 4.21. The third-order valence-electron chi connectivity index (χ3n) is 3.71. The molecule has 2 aromatic heterocycles. The smallest absolute Gasteiger partial charge is 0.240 e. The van der Waals surface area contributed by atoms with E-state index >= 15 is 0 Å². The van der Waals surface area contributed by atoms with E-state index in [2.05, 4.69) is 20.1 Å². The summed E-state index contributed by atoms with van der Waals surface area (Å²) in [5.74, 6) is 1.13. The highest BCUT2D eigenvalue weighted by Crippen LogP contribution is 2.37. The normalized spacial score (nSPS) is 20.4. The zero-order valence-electron chi connectivity index (χ0n) is 11.1. The van der Waals surface area contributed by atoms with Crippen molar-refractivity contribution in [3.05, 3.63) is 24.4 Å². The van der Waals surface area contributed by atoms with Crippen molar-refractivity contribution >= 4 is 10.0 Å². The van der Waals surface area contributed by atoms with Crippen LogP contribution in [0.25, 0.3) is 11.6 Å². The molecule has 1 saturated heterocycles. The molecule has 21 heavy (non-hydrogen) atoms. The standard InChI is InChI=1S/C12H13N5O3S/c18-21(19,9-2-3-9)17-6-8(7-17)12-15-11(16-20-12)10-13-4-1-5-14-10/h1,4-5,8-9H,2-3,6-7H2. The Bertz CT molecular complexity index is 750. The van der Waals surface area contributed by atoms with Gasteiger partial charge >= 0.3 is 0 Å². The fourth-order valence-electron chi connectivity index (χ4n) is 2.29. The van der Waals surface area contributed by atoms with Crippen molar-refractivity contribution < 1.29 is 12.9 Å². The third kappa shape index (κ3) is 2.22. The molecule has 2 aliphatic rings. The summed E-state index contributed by atoms with van der Waals surface area (Å²) in [6, 6.07) is 1.71. The fraction of sp³-hybridized carbons (Fsp3) is 0.500. The summed E-state index contributed by atoms with van der Waals surface area (Å²) >= 11 is 0. The van der Waals surface area contributed by atoms with Crippen molar-refractivity contribution in [3.8, 4) is 11.6 Å². The van der Waals surface area contributed by atoms with Crippen LogP contribution in [-0.2, 0) is 10.0 Å². The average Bonchev–Trinajstić information content (AvgIpc) is 3.19. The van der Waals surface area contributed by atoms with Gasteiger partial charge in [0.25, 0.3) is 0 Å². The number of hydrogen-bond donors (Lipinski definition) is 0. The van der Waals surface area contributed by atoms with Gasteiger partial charge in [0.1, 0.15) is 0 Å². The van der Waals surface area contributed by atoms with Gasteiger partial charge in [0.15, 0.2) is 0 Å². The van der Waals surface area contributed by atoms with Crippen molar-refractivity contribution in [1.82, 2.24) is 24.4 Å². The number of rotatable bonds is 4. The van der Waals surface area contributed by atoms with Gasteiger partial charge in [0.05, 0.1) is 11.2 Å². The molecule has 9 heteroatoms. The molecule has 0 bridgehead atoms. The second-order valence-corrected chi connectivity index (χ2v) is 7.50. The van der Waals surface area contributed by atoms with Crippen LogP contribution in [0.5, 0.6) is 0 Å². The van der Waals surface area contributed by atoms with Crippen molar-refractivity contribution in [2.45, 2.75) is 24.0 Å². The maximum atomic E-state index is 12.0. The molecular weight excluding hydrogens is 294 g/mol. The Labute approximate surface area is 121 Å². The van der Waals surface area contributed by atoms with E-state index < -0.39 is 10.0 Å². The van der Waals surface area contributed by atoms with Crippen LogP contribution in [0.1, 0.15) is 24.7 Å². The van der Waals surface area contributed by atoms with Gasteiger partial charge in [-0.2, -0.15) is 9.29 Å². The Morgan fingerprint density at radius 1 is 1.14 bits per heavy atom. The van der Waals surface area contributed by atoms with Gasteiger partial charge < -0.3 is 4.52 Å². The van der Waals surface area contributed by atoms with Crippen LogP contribution in [0, 0.1) is 0 Å². The highest BCUT2D eigenvalue weighted by atomic mass is 32.2. The van der Waals surface area contributed by atoms with Crippen molar-refractivity contribution in [3.63, 3.8) is 0 Å². The maximum absolute atomic E-state index is 12.0. The lowest BCUT2D eigenvalue weighted by Crippen LogP contribution is -2.49. The SMILES string of the molecule is O=S(=O)(C1CC1)N1CC(c2nc(-c3ncccn3)no2)C1. The van der Waals surface area contributed by atoms with E-state index in [9.17, 15) is 8.42 Å². The molecule has 0 unspecified atom stereocenters. The summed E-state index contributed by atoms with van der Waals surface area (Å²) in [4.78, 5) is 12.4. The van der Waals surface area contributed by atoms with Gasteiger partial charge in [0, 0.05) is 25.5 Å². The molecule has 1 aliphatic heterocycles. The molecular formula is C12H13N5O3S. The molecule has 3 heterocycles. The Balaban J connectivity index is 1.46. The molecule has 2 fully saturated rings. The minimum Gasteiger partial charge on any atom is -0.338 e. The zero-order valence-corrected chi connectivity index (χ0v) is 11.9. The number of aromatic nitrogens is 4. The van der Waals surface area contributed by atoms with Crippen LogP contribution >= 0.6 is 0 Å². The lowest BCUT2D eigenvalue weighted by atomic mass is 10.0. The quantitative estimate of drug-likeness (QED) is 0.806. The lowest BCUT2D eigenvalue weighted by molar-refractivity contribution is 0.216. The van der Waals surface area contributed by atoms with Crippen LogP contribution in [0.3, 0.4) is 0 Å². The first-order valence-corrected chi connectivity index (χ1v) is 8.25. The molecule has 0 aromatic carbocycles. The second kappa shape index (κ2) is 4.57. The third-order valence-corrected chi connectivity index (χ3v) is 6.04. The summed E-state index contributed by atoms with van der Waals surface area (Å²) in [7, 11) is -3.10. The second-order valence-electron chi connectivity index (χ2n) is 5.29. The van der Waals surface area contributed by atoms with Crippen LogP contribution in [0.2, 0.25) is 0 Å². The van der Waals surface area contributed by atoms with Gasteiger partial charge in [-0.15, -0.1) is 0 Å². The minimum absolute atomic E-state index is 0.0384. The molecule has 0 radical (unpaired) electrons. The summed E-state index contributed by atoms with van der Waals surface area (Å²) in [6.45, 7) is 0.826. The minimum atomic E-state index is -3.10. The maximum Gasteiger partial charge on any atom is 0.240 e. The van der Waals surface area contributed by atoms with Gasteiger partial charge in [0.2, 0.25) is 27.6 Å². The number of hydrogen-bond acceptors (Lipinski definition) is 7. The molecule has 0 amide bonds. The Morgan fingerprint density at radius 3 is 2.52 bits per heavy atom. The number of nitrogens with zero attached hydrogens (tertiary/aromatic N) is 5. The van der Waals surface area contributed by atoms with Crippen LogP contribution in [0.15, 0.2) is 23.0 Å². The van der Waals surface area contributed by atoms with E-state index in [1.165, 1.54) is 4.31 Å². The zero-order chi connectivity index (χ0) is 14.4. The molecule has 0 atom stereocenters. The Kier molecular flexibility index (Phi) is 2.79. The van der Waals surface area contributed by atoms with E-state index in [0.29, 0.717) is 30.6 Å². The van der Waals surface area contributed by atoms with E-state index in [4.69, 9.17) is 4.52 Å². The molecule has 8 nitrogen and oxygen atoms in total. The topological polar surface area (TPSA) is 102 Å². The Hall–Kier alpha value is -1.87. The lowest BCUT2D eigenvalue weighted by Gasteiger charge is -2.35. The highest BCUT2D eigenvalue weighted by molar-refractivity contribution is 7.90. The van der Waals surface area contributed by atoms with E-state index in [0.717, 1.165) is 12.8 Å². The molecule has 2 aromatic rings. The first-order chi connectivity index (χ1) is 10.1. The Morgan fingerprint density at radius 2 is 1.86 bits per heavy atom.